The van der Waals surface area contributed by atoms with Crippen LogP contribution in [0.1, 0.15) is 11.3 Å². The van der Waals surface area contributed by atoms with Crippen LogP contribution in [0.3, 0.4) is 0 Å². The molecule has 0 radical (unpaired) electrons. The summed E-state index contributed by atoms with van der Waals surface area (Å²) in [5.74, 6) is -1.11. The third kappa shape index (κ3) is 5.24. The smallest absolute Gasteiger partial charge is 0.307 e. The molecule has 1 aliphatic heterocycles. The molecule has 2 amide bonds. The number of hydrogen-bond donors (Lipinski definition) is 1. The molecule has 3 rings (SSSR count). The van der Waals surface area contributed by atoms with Crippen LogP contribution in [0.15, 0.2) is 59.3 Å². The van der Waals surface area contributed by atoms with Crippen LogP contribution in [0.5, 0.6) is 0 Å². The van der Waals surface area contributed by atoms with Crippen molar-refractivity contribution in [2.75, 3.05) is 18.5 Å². The number of benzene rings is 1. The number of carbonyl (C=O) groups excluding carboxylic acids is 3. The summed E-state index contributed by atoms with van der Waals surface area (Å²) in [6, 6.07) is 11.3. The van der Waals surface area contributed by atoms with Gasteiger partial charge in [-0.2, -0.15) is 0 Å². The molecule has 0 unspecified atom stereocenters. The van der Waals surface area contributed by atoms with E-state index in [1.54, 1.807) is 22.3 Å². The summed E-state index contributed by atoms with van der Waals surface area (Å²) in [5.41, 5.74) is 0.742. The topological polar surface area (TPSA) is 75.7 Å². The minimum Gasteiger partial charge on any atom is -0.456 e. The summed E-state index contributed by atoms with van der Waals surface area (Å²) in [4.78, 5) is 40.3. The van der Waals surface area contributed by atoms with Crippen LogP contribution in [0, 0.1) is 0 Å². The Kier molecular flexibility index (Phi) is 6.89. The number of fused-ring (bicyclic) bond motifs is 1. The van der Waals surface area contributed by atoms with Crippen molar-refractivity contribution in [2.24, 2.45) is 0 Å². The second kappa shape index (κ2) is 9.57. The number of para-hydroxylation sites is 1. The molecule has 28 heavy (non-hydrogen) atoms. The molecule has 146 valence electrons. The van der Waals surface area contributed by atoms with Crippen molar-refractivity contribution in [3.63, 3.8) is 0 Å². The van der Waals surface area contributed by atoms with E-state index in [1.807, 2.05) is 41.8 Å². The van der Waals surface area contributed by atoms with Crippen LogP contribution in [0.2, 0.25) is 0 Å². The standard InChI is InChI=1S/C20H20N2O4S2/c1-2-9-22(12-14-6-5-10-27-14)18(23)13-26-19(24)11-17-20(25)21-15-7-3-4-8-16(15)28-17/h2-8,10,17H,1,9,11-13H2,(H,21,25)/t17-/m1/s1. The zero-order valence-corrected chi connectivity index (χ0v) is 16.8. The number of anilines is 1. The van der Waals surface area contributed by atoms with Gasteiger partial charge in [-0.25, -0.2) is 0 Å². The van der Waals surface area contributed by atoms with Gasteiger partial charge >= 0.3 is 5.97 Å². The van der Waals surface area contributed by atoms with Crippen LogP contribution in [-0.2, 0) is 25.7 Å². The molecule has 0 spiro atoms. The normalized spacial score (nSPS) is 15.3. The van der Waals surface area contributed by atoms with Crippen molar-refractivity contribution in [3.05, 3.63) is 59.3 Å². The lowest BCUT2D eigenvalue weighted by Crippen LogP contribution is -2.35. The fraction of sp³-hybridized carbons (Fsp3) is 0.250. The molecule has 1 atom stereocenters. The number of thiophene rings is 1. The molecule has 1 aromatic carbocycles. The maximum atomic E-state index is 12.4. The highest BCUT2D eigenvalue weighted by Gasteiger charge is 2.29. The van der Waals surface area contributed by atoms with Gasteiger partial charge in [0.15, 0.2) is 6.61 Å². The molecule has 0 saturated heterocycles. The highest BCUT2D eigenvalue weighted by atomic mass is 32.2. The molecular weight excluding hydrogens is 396 g/mol. The summed E-state index contributed by atoms with van der Waals surface area (Å²) < 4.78 is 5.13. The highest BCUT2D eigenvalue weighted by molar-refractivity contribution is 8.01. The molecule has 8 heteroatoms. The SMILES string of the molecule is C=CCN(Cc1cccs1)C(=O)COC(=O)C[C@H]1Sc2ccccc2NC1=O. The van der Waals surface area contributed by atoms with Gasteiger partial charge in [-0.3, -0.25) is 14.4 Å². The maximum Gasteiger partial charge on any atom is 0.307 e. The zero-order chi connectivity index (χ0) is 19.9. The Morgan fingerprint density at radius 3 is 2.82 bits per heavy atom. The molecule has 2 aromatic rings. The third-order valence-electron chi connectivity index (χ3n) is 4.04. The molecule has 0 aliphatic carbocycles. The first kappa shape index (κ1) is 20.2. The summed E-state index contributed by atoms with van der Waals surface area (Å²) in [7, 11) is 0. The Morgan fingerprint density at radius 2 is 2.07 bits per heavy atom. The third-order valence-corrected chi connectivity index (χ3v) is 6.18. The fourth-order valence-corrected chi connectivity index (χ4v) is 4.49. The first-order valence-electron chi connectivity index (χ1n) is 8.70. The van der Waals surface area contributed by atoms with Crippen LogP contribution < -0.4 is 5.32 Å². The van der Waals surface area contributed by atoms with E-state index in [4.69, 9.17) is 4.74 Å². The van der Waals surface area contributed by atoms with Crippen molar-refractivity contribution in [2.45, 2.75) is 23.1 Å². The quantitative estimate of drug-likeness (QED) is 0.528. The van der Waals surface area contributed by atoms with Crippen molar-refractivity contribution >= 4 is 46.6 Å². The van der Waals surface area contributed by atoms with Gasteiger partial charge in [-0.15, -0.1) is 29.7 Å². The van der Waals surface area contributed by atoms with Gasteiger partial charge in [0.05, 0.1) is 23.9 Å². The number of rotatable bonds is 8. The summed E-state index contributed by atoms with van der Waals surface area (Å²) in [5, 5.41) is 4.15. The Morgan fingerprint density at radius 1 is 1.25 bits per heavy atom. The minimum atomic E-state index is -0.576. The fourth-order valence-electron chi connectivity index (χ4n) is 2.67. The zero-order valence-electron chi connectivity index (χ0n) is 15.1. The number of amides is 2. The van der Waals surface area contributed by atoms with Crippen LogP contribution >= 0.6 is 23.1 Å². The first-order chi connectivity index (χ1) is 13.6. The molecule has 1 N–H and O–H groups in total. The monoisotopic (exact) mass is 416 g/mol. The average molecular weight is 417 g/mol. The van der Waals surface area contributed by atoms with E-state index in [2.05, 4.69) is 11.9 Å². The van der Waals surface area contributed by atoms with Crippen molar-refractivity contribution in [3.8, 4) is 0 Å². The van der Waals surface area contributed by atoms with Crippen molar-refractivity contribution < 1.29 is 19.1 Å². The van der Waals surface area contributed by atoms with Crippen LogP contribution in [0.25, 0.3) is 0 Å². The summed E-state index contributed by atoms with van der Waals surface area (Å²) in [6.45, 7) is 4.12. The van der Waals surface area contributed by atoms with E-state index in [-0.39, 0.29) is 24.8 Å². The molecule has 2 heterocycles. The summed E-state index contributed by atoms with van der Waals surface area (Å²) >= 11 is 2.88. The van der Waals surface area contributed by atoms with E-state index in [9.17, 15) is 14.4 Å². The van der Waals surface area contributed by atoms with Gasteiger partial charge in [0.25, 0.3) is 5.91 Å². The minimum absolute atomic E-state index is 0.0928. The van der Waals surface area contributed by atoms with E-state index in [0.717, 1.165) is 15.5 Å². The number of hydrogen-bond acceptors (Lipinski definition) is 6. The molecule has 0 saturated carbocycles. The lowest BCUT2D eigenvalue weighted by atomic mass is 10.2. The first-order valence-corrected chi connectivity index (χ1v) is 10.5. The Balaban J connectivity index is 1.51. The molecule has 1 aromatic heterocycles. The van der Waals surface area contributed by atoms with E-state index < -0.39 is 11.2 Å². The number of thioether (sulfide) groups is 1. The van der Waals surface area contributed by atoms with E-state index >= 15 is 0 Å². The predicted molar refractivity (Wildman–Crippen MR) is 110 cm³/mol. The van der Waals surface area contributed by atoms with Gasteiger partial charge in [-0.05, 0) is 23.6 Å². The second-order valence-electron chi connectivity index (χ2n) is 6.10. The number of nitrogens with zero attached hydrogens (tertiary/aromatic N) is 1. The average Bonchev–Trinajstić information content (AvgIpc) is 3.19. The maximum absolute atomic E-state index is 12.4. The Labute approximate surface area is 171 Å². The molecule has 1 aliphatic rings. The van der Waals surface area contributed by atoms with Crippen molar-refractivity contribution in [1.82, 2.24) is 4.90 Å². The highest BCUT2D eigenvalue weighted by Crippen LogP contribution is 2.36. The van der Waals surface area contributed by atoms with Gasteiger partial charge < -0.3 is 15.0 Å². The molecule has 0 fully saturated rings. The second-order valence-corrected chi connectivity index (χ2v) is 8.38. The Bertz CT molecular complexity index is 867. The predicted octanol–water partition coefficient (Wildman–Crippen LogP) is 3.31. The van der Waals surface area contributed by atoms with Gasteiger partial charge in [0.1, 0.15) is 0 Å². The summed E-state index contributed by atoms with van der Waals surface area (Å²) in [6.07, 6.45) is 1.54. The number of nitrogens with one attached hydrogen (secondary N) is 1. The molecular formula is C20H20N2O4S2. The largest absolute Gasteiger partial charge is 0.456 e. The lowest BCUT2D eigenvalue weighted by molar-refractivity contribution is -0.152. The van der Waals surface area contributed by atoms with Crippen molar-refractivity contribution in [1.29, 1.82) is 0 Å². The molecule has 0 bridgehead atoms. The van der Waals surface area contributed by atoms with Gasteiger partial charge in [-0.1, -0.05) is 24.3 Å². The van der Waals surface area contributed by atoms with E-state index in [0.29, 0.717) is 13.1 Å². The Hall–Kier alpha value is -2.58. The number of esters is 1. The number of ether oxygens (including phenoxy) is 1. The molecule has 6 nitrogen and oxygen atoms in total. The van der Waals surface area contributed by atoms with Gasteiger partial charge in [0, 0.05) is 16.3 Å². The van der Waals surface area contributed by atoms with Crippen LogP contribution in [-0.4, -0.2) is 41.1 Å². The van der Waals surface area contributed by atoms with Crippen LogP contribution in [0.4, 0.5) is 5.69 Å². The van der Waals surface area contributed by atoms with Gasteiger partial charge in [0.2, 0.25) is 5.91 Å². The number of carbonyl (C=O) groups is 3. The van der Waals surface area contributed by atoms with E-state index in [1.165, 1.54) is 11.8 Å². The lowest BCUT2D eigenvalue weighted by Gasteiger charge is -2.23.